The Hall–Kier alpha value is -3.66. The van der Waals surface area contributed by atoms with E-state index in [4.69, 9.17) is 22.1 Å². The third-order valence-corrected chi connectivity index (χ3v) is 6.31. The highest BCUT2D eigenvalue weighted by Crippen LogP contribution is 2.57. The zero-order chi connectivity index (χ0) is 23.0. The molecule has 2 bridgehead atoms. The number of ether oxygens (including phenoxy) is 1. The molecule has 2 aliphatic rings. The van der Waals surface area contributed by atoms with Crippen LogP contribution in [0.1, 0.15) is 38.8 Å². The van der Waals surface area contributed by atoms with Crippen LogP contribution >= 0.6 is 11.6 Å². The van der Waals surface area contributed by atoms with E-state index in [1.807, 2.05) is 0 Å². The largest absolute Gasteiger partial charge is 0.507 e. The summed E-state index contributed by atoms with van der Waals surface area (Å²) in [5.41, 5.74) is 2.08. The van der Waals surface area contributed by atoms with E-state index in [-0.39, 0.29) is 21.9 Å². The summed E-state index contributed by atoms with van der Waals surface area (Å²) in [6.07, 6.45) is -0.443. The molecule has 0 spiro atoms. The minimum Gasteiger partial charge on any atom is -0.507 e. The number of primary amides is 1. The zero-order valence-electron chi connectivity index (χ0n) is 15.8. The van der Waals surface area contributed by atoms with Gasteiger partial charge in [-0.3, -0.25) is 14.4 Å². The maximum absolute atomic E-state index is 13.0. The lowest BCUT2D eigenvalue weighted by Gasteiger charge is -2.37. The van der Waals surface area contributed by atoms with Crippen LogP contribution in [0.5, 0.6) is 28.7 Å². The smallest absolute Gasteiger partial charge is 0.318 e. The standard InChI is InChI=1S/C20H16ClNO9/c1-20-6(4-5-13(24)16(27)11(18(22)29)17(28)14(5)25)9(19(30)31-20)15(26)10-8(23)3-2-7(21)12(10)20/h2-3,6,9,23-25,27-28H,4H2,1H3,(H2,22,29)/t6-,9+,20?/m0/s1. The van der Waals surface area contributed by atoms with Gasteiger partial charge in [-0.05, 0) is 25.5 Å². The van der Waals surface area contributed by atoms with Crippen LogP contribution in [0.15, 0.2) is 12.1 Å². The molecule has 162 valence electrons. The van der Waals surface area contributed by atoms with Gasteiger partial charge in [0.05, 0.1) is 5.56 Å². The average Bonchev–Trinajstić information content (AvgIpc) is 2.89. The predicted octanol–water partition coefficient (Wildman–Crippen LogP) is 1.41. The number of fused-ring (bicyclic) bond motifs is 4. The van der Waals surface area contributed by atoms with Crippen molar-refractivity contribution in [1.82, 2.24) is 0 Å². The number of benzene rings is 2. The number of aromatic hydroxyl groups is 5. The molecule has 4 rings (SSSR count). The molecule has 10 nitrogen and oxygen atoms in total. The van der Waals surface area contributed by atoms with E-state index in [1.54, 1.807) is 0 Å². The maximum atomic E-state index is 13.0. The van der Waals surface area contributed by atoms with Crippen molar-refractivity contribution in [3.63, 3.8) is 0 Å². The fraction of sp³-hybridized carbons (Fsp3) is 0.250. The van der Waals surface area contributed by atoms with Crippen LogP contribution in [0.3, 0.4) is 0 Å². The van der Waals surface area contributed by atoms with Gasteiger partial charge >= 0.3 is 5.97 Å². The number of carbonyl (C=O) groups is 3. The number of ketones is 1. The normalized spacial score (nSPS) is 24.1. The topological polar surface area (TPSA) is 188 Å². The van der Waals surface area contributed by atoms with E-state index in [2.05, 4.69) is 0 Å². The van der Waals surface area contributed by atoms with E-state index < -0.39 is 75.6 Å². The predicted molar refractivity (Wildman–Crippen MR) is 103 cm³/mol. The monoisotopic (exact) mass is 449 g/mol. The Bertz CT molecular complexity index is 1180. The number of phenolic OH excluding ortho intramolecular Hbond substituents is 3. The second-order valence-electron chi connectivity index (χ2n) is 7.61. The Kier molecular flexibility index (Phi) is 4.27. The molecule has 11 heteroatoms. The number of nitrogens with two attached hydrogens (primary N) is 1. The summed E-state index contributed by atoms with van der Waals surface area (Å²) in [5, 5.41) is 51.2. The number of hydrogen-bond acceptors (Lipinski definition) is 9. The van der Waals surface area contributed by atoms with Crippen molar-refractivity contribution in [1.29, 1.82) is 0 Å². The molecule has 1 saturated heterocycles. The van der Waals surface area contributed by atoms with Crippen LogP contribution in [-0.2, 0) is 21.6 Å². The molecule has 1 amide bonds. The van der Waals surface area contributed by atoms with Crippen molar-refractivity contribution in [2.75, 3.05) is 0 Å². The Morgan fingerprint density at radius 3 is 2.23 bits per heavy atom. The lowest BCUT2D eigenvalue weighted by atomic mass is 9.66. The molecule has 0 radical (unpaired) electrons. The van der Waals surface area contributed by atoms with Gasteiger partial charge in [0.15, 0.2) is 28.8 Å². The summed E-state index contributed by atoms with van der Waals surface area (Å²) in [7, 11) is 0. The highest BCUT2D eigenvalue weighted by atomic mass is 35.5. The van der Waals surface area contributed by atoms with Gasteiger partial charge in [0, 0.05) is 22.1 Å². The maximum Gasteiger partial charge on any atom is 0.318 e. The number of amides is 1. The van der Waals surface area contributed by atoms with Gasteiger partial charge in [-0.1, -0.05) is 11.6 Å². The molecule has 1 fully saturated rings. The molecular formula is C20H16ClNO9. The first-order valence-corrected chi connectivity index (χ1v) is 9.37. The van der Waals surface area contributed by atoms with Crippen molar-refractivity contribution < 1.29 is 44.7 Å². The summed E-state index contributed by atoms with van der Waals surface area (Å²) in [6, 6.07) is 2.54. The molecule has 0 saturated carbocycles. The van der Waals surface area contributed by atoms with Crippen LogP contribution in [0.4, 0.5) is 0 Å². The molecule has 31 heavy (non-hydrogen) atoms. The molecule has 1 unspecified atom stereocenters. The van der Waals surface area contributed by atoms with Gasteiger partial charge in [-0.15, -0.1) is 0 Å². The minimum atomic E-state index is -1.55. The molecule has 0 aromatic heterocycles. The number of phenols is 5. The first-order chi connectivity index (χ1) is 14.4. The number of halogens is 1. The number of carbonyl (C=O) groups excluding carboxylic acids is 3. The van der Waals surface area contributed by atoms with E-state index in [1.165, 1.54) is 19.1 Å². The van der Waals surface area contributed by atoms with Crippen molar-refractivity contribution in [3.8, 4) is 28.7 Å². The molecule has 1 aliphatic heterocycles. The van der Waals surface area contributed by atoms with Crippen LogP contribution < -0.4 is 5.73 Å². The van der Waals surface area contributed by atoms with Gasteiger partial charge in [-0.25, -0.2) is 0 Å². The highest BCUT2D eigenvalue weighted by Gasteiger charge is 2.62. The van der Waals surface area contributed by atoms with Gasteiger partial charge in [0.25, 0.3) is 5.91 Å². The van der Waals surface area contributed by atoms with Gasteiger partial charge < -0.3 is 36.0 Å². The van der Waals surface area contributed by atoms with Gasteiger partial charge in [-0.2, -0.15) is 0 Å². The Morgan fingerprint density at radius 2 is 1.68 bits per heavy atom. The van der Waals surface area contributed by atoms with Crippen molar-refractivity contribution >= 4 is 29.3 Å². The van der Waals surface area contributed by atoms with Gasteiger partial charge in [0.2, 0.25) is 0 Å². The lowest BCUT2D eigenvalue weighted by molar-refractivity contribution is -0.149. The lowest BCUT2D eigenvalue weighted by Crippen LogP contribution is -2.41. The molecular weight excluding hydrogens is 434 g/mol. The first-order valence-electron chi connectivity index (χ1n) is 8.99. The summed E-state index contributed by atoms with van der Waals surface area (Å²) >= 11 is 6.26. The van der Waals surface area contributed by atoms with Crippen molar-refractivity contribution in [2.24, 2.45) is 17.6 Å². The Morgan fingerprint density at radius 1 is 1.10 bits per heavy atom. The second-order valence-corrected chi connectivity index (χ2v) is 8.02. The molecule has 3 atom stereocenters. The second kappa shape index (κ2) is 6.42. The summed E-state index contributed by atoms with van der Waals surface area (Å²) in [6.45, 7) is 1.46. The fourth-order valence-electron chi connectivity index (χ4n) is 4.52. The van der Waals surface area contributed by atoms with E-state index >= 15 is 0 Å². The van der Waals surface area contributed by atoms with Crippen LogP contribution in [0.2, 0.25) is 5.02 Å². The van der Waals surface area contributed by atoms with E-state index in [0.717, 1.165) is 0 Å². The van der Waals surface area contributed by atoms with Crippen molar-refractivity contribution in [3.05, 3.63) is 39.4 Å². The first kappa shape index (κ1) is 20.6. The zero-order valence-corrected chi connectivity index (χ0v) is 16.6. The van der Waals surface area contributed by atoms with Crippen LogP contribution in [0.25, 0.3) is 0 Å². The summed E-state index contributed by atoms with van der Waals surface area (Å²) < 4.78 is 5.47. The quantitative estimate of drug-likeness (QED) is 0.174. The SMILES string of the molecule is CC12OC(=O)[C@@H](C(=O)c3c(O)ccc(Cl)c31)[C@@H]2Cc1c(O)c(O)c(C(N)=O)c(O)c1O. The molecule has 1 heterocycles. The van der Waals surface area contributed by atoms with Crippen molar-refractivity contribution in [2.45, 2.75) is 18.9 Å². The average molecular weight is 450 g/mol. The van der Waals surface area contributed by atoms with E-state index in [0.29, 0.717) is 0 Å². The van der Waals surface area contributed by atoms with Crippen LogP contribution in [-0.4, -0.2) is 43.2 Å². The van der Waals surface area contributed by atoms with Crippen LogP contribution in [0, 0.1) is 11.8 Å². The van der Waals surface area contributed by atoms with Gasteiger partial charge in [0.1, 0.15) is 22.8 Å². The molecule has 2 aromatic carbocycles. The highest BCUT2D eigenvalue weighted by molar-refractivity contribution is 6.32. The molecule has 7 N–H and O–H groups in total. The number of Topliss-reactive ketones (excluding diaryl/α,β-unsaturated/α-hetero) is 1. The van der Waals surface area contributed by atoms with E-state index in [9.17, 15) is 39.9 Å². The Balaban J connectivity index is 1.92. The third kappa shape index (κ3) is 2.54. The minimum absolute atomic E-state index is 0.0463. The number of rotatable bonds is 3. The number of esters is 1. The third-order valence-electron chi connectivity index (χ3n) is 6.00. The molecule has 2 aromatic rings. The molecule has 1 aliphatic carbocycles. The summed E-state index contributed by atoms with van der Waals surface area (Å²) in [5.74, 6) is -9.87. The Labute approximate surface area is 179 Å². The number of hydrogen-bond donors (Lipinski definition) is 6. The summed E-state index contributed by atoms with van der Waals surface area (Å²) in [4.78, 5) is 37.0. The fourth-order valence-corrected chi connectivity index (χ4v) is 4.86.